The average Bonchev–Trinajstić information content (AvgIpc) is 2.47. The Balaban J connectivity index is 2.57. The van der Waals surface area contributed by atoms with E-state index in [-0.39, 0.29) is 5.91 Å². The van der Waals surface area contributed by atoms with Crippen molar-refractivity contribution in [3.63, 3.8) is 0 Å². The monoisotopic (exact) mass is 295 g/mol. The van der Waals surface area contributed by atoms with E-state index in [4.69, 9.17) is 15.2 Å². The van der Waals surface area contributed by atoms with Gasteiger partial charge in [0.25, 0.3) is 0 Å². The maximum atomic E-state index is 11.7. The third-order valence-electron chi connectivity index (χ3n) is 3.06. The number of nitrogens with two attached hydrogens (primary N) is 1. The summed E-state index contributed by atoms with van der Waals surface area (Å²) >= 11 is 0. The molecule has 0 radical (unpaired) electrons. The molecule has 0 saturated carbocycles. The lowest BCUT2D eigenvalue weighted by molar-refractivity contribution is -0.122. The molecule has 1 aromatic carbocycles. The van der Waals surface area contributed by atoms with Gasteiger partial charge in [-0.25, -0.2) is 0 Å². The molecule has 21 heavy (non-hydrogen) atoms. The van der Waals surface area contributed by atoms with Crippen LogP contribution in [0.3, 0.4) is 0 Å². The van der Waals surface area contributed by atoms with E-state index in [1.165, 1.54) is 0 Å². The highest BCUT2D eigenvalue weighted by Gasteiger charge is 2.10. The van der Waals surface area contributed by atoms with Crippen LogP contribution in [0.5, 0.6) is 5.75 Å². The molecule has 6 heteroatoms. The number of carbonyl (C=O) groups excluding carboxylic acids is 1. The summed E-state index contributed by atoms with van der Waals surface area (Å²) in [6.07, 6.45) is 0. The van der Waals surface area contributed by atoms with E-state index in [0.29, 0.717) is 32.8 Å². The fraction of sp³-hybridized carbons (Fsp3) is 0.533. The van der Waals surface area contributed by atoms with E-state index < -0.39 is 0 Å². The third kappa shape index (κ3) is 6.12. The first-order chi connectivity index (χ1) is 10.1. The van der Waals surface area contributed by atoms with Crippen LogP contribution in [0.1, 0.15) is 11.1 Å². The van der Waals surface area contributed by atoms with Gasteiger partial charge >= 0.3 is 0 Å². The Hall–Kier alpha value is -1.63. The molecule has 3 N–H and O–H groups in total. The molecule has 0 heterocycles. The number of rotatable bonds is 9. The van der Waals surface area contributed by atoms with Crippen molar-refractivity contribution in [1.29, 1.82) is 0 Å². The lowest BCUT2D eigenvalue weighted by Gasteiger charge is -2.18. The molecule has 1 amide bonds. The molecule has 0 fully saturated rings. The van der Waals surface area contributed by atoms with E-state index in [9.17, 15) is 4.79 Å². The first-order valence-corrected chi connectivity index (χ1v) is 6.90. The van der Waals surface area contributed by atoms with E-state index >= 15 is 0 Å². The highest BCUT2D eigenvalue weighted by atomic mass is 16.5. The van der Waals surface area contributed by atoms with E-state index in [1.54, 1.807) is 14.2 Å². The Morgan fingerprint density at radius 1 is 1.38 bits per heavy atom. The summed E-state index contributed by atoms with van der Waals surface area (Å²) in [6.45, 7) is 2.46. The van der Waals surface area contributed by atoms with Gasteiger partial charge in [0.05, 0.1) is 20.3 Å². The van der Waals surface area contributed by atoms with Crippen LogP contribution in [0.15, 0.2) is 18.2 Å². The molecule has 0 spiro atoms. The number of nitrogens with zero attached hydrogens (tertiary/aromatic N) is 1. The van der Waals surface area contributed by atoms with Crippen LogP contribution in [0, 0.1) is 0 Å². The lowest BCUT2D eigenvalue weighted by Crippen LogP contribution is -2.36. The fourth-order valence-electron chi connectivity index (χ4n) is 2.02. The van der Waals surface area contributed by atoms with Gasteiger partial charge in [0.2, 0.25) is 5.91 Å². The Kier molecular flexibility index (Phi) is 7.74. The summed E-state index contributed by atoms with van der Waals surface area (Å²) in [5, 5.41) is 2.79. The molecule has 0 bridgehead atoms. The van der Waals surface area contributed by atoms with Crippen LogP contribution in [0.4, 0.5) is 0 Å². The van der Waals surface area contributed by atoms with Crippen LogP contribution in [-0.2, 0) is 22.6 Å². The highest BCUT2D eigenvalue weighted by Crippen LogP contribution is 2.21. The largest absolute Gasteiger partial charge is 0.496 e. The zero-order valence-corrected chi connectivity index (χ0v) is 13.0. The smallest absolute Gasteiger partial charge is 0.234 e. The van der Waals surface area contributed by atoms with Gasteiger partial charge in [0.15, 0.2) is 0 Å². The molecule has 0 unspecified atom stereocenters. The second kappa shape index (κ2) is 9.33. The number of benzene rings is 1. The maximum Gasteiger partial charge on any atom is 0.234 e. The Bertz CT molecular complexity index is 452. The first kappa shape index (κ1) is 17.4. The topological polar surface area (TPSA) is 76.8 Å². The molecule has 6 nitrogen and oxygen atoms in total. The van der Waals surface area contributed by atoms with Gasteiger partial charge < -0.3 is 20.5 Å². The van der Waals surface area contributed by atoms with Crippen molar-refractivity contribution < 1.29 is 14.3 Å². The summed E-state index contributed by atoms with van der Waals surface area (Å²) < 4.78 is 10.2. The summed E-state index contributed by atoms with van der Waals surface area (Å²) in [5.41, 5.74) is 7.73. The minimum absolute atomic E-state index is 0.0245. The Labute approximate surface area is 126 Å². The molecule has 0 aromatic heterocycles. The van der Waals surface area contributed by atoms with Crippen molar-refractivity contribution in [2.75, 3.05) is 41.0 Å². The number of nitrogens with one attached hydrogen (secondary N) is 1. The molecular formula is C15H25N3O3. The summed E-state index contributed by atoms with van der Waals surface area (Å²) in [4.78, 5) is 13.7. The number of ether oxygens (including phenoxy) is 2. The minimum Gasteiger partial charge on any atom is -0.496 e. The van der Waals surface area contributed by atoms with Gasteiger partial charge in [-0.15, -0.1) is 0 Å². The van der Waals surface area contributed by atoms with Crippen molar-refractivity contribution >= 4 is 5.91 Å². The predicted molar refractivity (Wildman–Crippen MR) is 82.1 cm³/mol. The summed E-state index contributed by atoms with van der Waals surface area (Å²) in [7, 11) is 5.14. The zero-order valence-electron chi connectivity index (χ0n) is 13.0. The molecule has 1 aromatic rings. The molecule has 0 atom stereocenters. The predicted octanol–water partition coefficient (Wildman–Crippen LogP) is 0.348. The van der Waals surface area contributed by atoms with Crippen molar-refractivity contribution in [3.05, 3.63) is 29.3 Å². The molecule has 1 rings (SSSR count). The van der Waals surface area contributed by atoms with Crippen molar-refractivity contribution in [1.82, 2.24) is 10.2 Å². The number of likely N-dealkylation sites (N-methyl/N-ethyl adjacent to an activating group) is 1. The van der Waals surface area contributed by atoms with Crippen LogP contribution in [0.25, 0.3) is 0 Å². The van der Waals surface area contributed by atoms with Gasteiger partial charge in [-0.1, -0.05) is 6.07 Å². The van der Waals surface area contributed by atoms with Gasteiger partial charge in [-0.2, -0.15) is 0 Å². The minimum atomic E-state index is -0.0245. The zero-order chi connectivity index (χ0) is 15.7. The highest BCUT2D eigenvalue weighted by molar-refractivity contribution is 5.77. The normalized spacial score (nSPS) is 10.7. The quantitative estimate of drug-likeness (QED) is 0.643. The number of methoxy groups -OCH3 is 2. The summed E-state index contributed by atoms with van der Waals surface area (Å²) in [6, 6.07) is 5.86. The van der Waals surface area contributed by atoms with Crippen LogP contribution in [-0.4, -0.2) is 51.8 Å². The van der Waals surface area contributed by atoms with E-state index in [0.717, 1.165) is 16.9 Å². The fourth-order valence-corrected chi connectivity index (χ4v) is 2.02. The van der Waals surface area contributed by atoms with Crippen molar-refractivity contribution in [3.8, 4) is 5.75 Å². The van der Waals surface area contributed by atoms with Gasteiger partial charge in [-0.05, 0) is 24.7 Å². The van der Waals surface area contributed by atoms with Crippen LogP contribution < -0.4 is 15.8 Å². The van der Waals surface area contributed by atoms with Gasteiger partial charge in [0, 0.05) is 32.3 Å². The average molecular weight is 295 g/mol. The SMILES string of the molecule is COCCNC(=O)CN(C)Cc1cc(CN)ccc1OC. The number of carbonyl (C=O) groups is 1. The van der Waals surface area contributed by atoms with Crippen LogP contribution >= 0.6 is 0 Å². The molecule has 0 aliphatic rings. The van der Waals surface area contributed by atoms with Crippen molar-refractivity contribution in [2.45, 2.75) is 13.1 Å². The van der Waals surface area contributed by atoms with Crippen LogP contribution in [0.2, 0.25) is 0 Å². The molecule has 0 saturated heterocycles. The lowest BCUT2D eigenvalue weighted by atomic mass is 10.1. The van der Waals surface area contributed by atoms with Gasteiger partial charge in [-0.3, -0.25) is 9.69 Å². The molecule has 0 aliphatic heterocycles. The summed E-state index contributed by atoms with van der Waals surface area (Å²) in [5.74, 6) is 0.780. The van der Waals surface area contributed by atoms with Crippen molar-refractivity contribution in [2.24, 2.45) is 5.73 Å². The Morgan fingerprint density at radius 2 is 2.14 bits per heavy atom. The van der Waals surface area contributed by atoms with Gasteiger partial charge in [0.1, 0.15) is 5.75 Å². The first-order valence-electron chi connectivity index (χ1n) is 6.90. The second-order valence-electron chi connectivity index (χ2n) is 4.87. The van der Waals surface area contributed by atoms with E-state index in [2.05, 4.69) is 5.32 Å². The molecule has 0 aliphatic carbocycles. The number of hydrogen-bond donors (Lipinski definition) is 2. The standard InChI is InChI=1S/C15H25N3O3/c1-18(11-15(19)17-6-7-20-2)10-13-8-12(9-16)4-5-14(13)21-3/h4-5,8H,6-7,9-11,16H2,1-3H3,(H,17,19). The maximum absolute atomic E-state index is 11.7. The Morgan fingerprint density at radius 3 is 2.76 bits per heavy atom. The number of amides is 1. The molecule has 118 valence electrons. The second-order valence-corrected chi connectivity index (χ2v) is 4.87. The number of hydrogen-bond acceptors (Lipinski definition) is 5. The van der Waals surface area contributed by atoms with E-state index in [1.807, 2.05) is 30.1 Å². The molecular weight excluding hydrogens is 270 g/mol. The third-order valence-corrected chi connectivity index (χ3v) is 3.06.